The van der Waals surface area contributed by atoms with E-state index in [1.807, 2.05) is 30.3 Å². The largest absolute Gasteiger partial charge is 0.469 e. The van der Waals surface area contributed by atoms with Crippen LogP contribution in [0.25, 0.3) is 0 Å². The first-order valence-electron chi connectivity index (χ1n) is 7.66. The van der Waals surface area contributed by atoms with Crippen LogP contribution in [0.1, 0.15) is 12.5 Å². The number of likely N-dealkylation sites (tertiary alicyclic amines) is 1. The highest BCUT2D eigenvalue weighted by atomic mass is 127. The van der Waals surface area contributed by atoms with Crippen molar-refractivity contribution in [2.24, 2.45) is 17.8 Å². The van der Waals surface area contributed by atoms with Crippen molar-refractivity contribution in [1.29, 1.82) is 0 Å². The zero-order chi connectivity index (χ0) is 16.8. The number of ether oxygens (including phenoxy) is 2. The average molecular weight is 431 g/mol. The maximum atomic E-state index is 12.3. The van der Waals surface area contributed by atoms with Crippen molar-refractivity contribution in [2.75, 3.05) is 24.6 Å². The Labute approximate surface area is 150 Å². The van der Waals surface area contributed by atoms with Crippen LogP contribution in [0.2, 0.25) is 0 Å². The van der Waals surface area contributed by atoms with Gasteiger partial charge in [0, 0.05) is 17.5 Å². The van der Waals surface area contributed by atoms with Crippen LogP contribution in [0.15, 0.2) is 30.3 Å². The van der Waals surface area contributed by atoms with Crippen molar-refractivity contribution in [1.82, 2.24) is 4.90 Å². The topological polar surface area (TPSA) is 55.8 Å². The minimum absolute atomic E-state index is 0.114. The Hall–Kier alpha value is -1.31. The van der Waals surface area contributed by atoms with Gasteiger partial charge in [0.05, 0.1) is 13.0 Å². The Kier molecular flexibility index (Phi) is 6.68. The third kappa shape index (κ3) is 4.59. The lowest BCUT2D eigenvalue weighted by atomic mass is 9.86. The van der Waals surface area contributed by atoms with E-state index < -0.39 is 0 Å². The van der Waals surface area contributed by atoms with Gasteiger partial charge in [-0.1, -0.05) is 59.8 Å². The third-order valence-electron chi connectivity index (χ3n) is 4.31. The number of esters is 1. The lowest BCUT2D eigenvalue weighted by Crippen LogP contribution is -2.30. The predicted molar refractivity (Wildman–Crippen MR) is 95.2 cm³/mol. The van der Waals surface area contributed by atoms with E-state index >= 15 is 0 Å². The van der Waals surface area contributed by atoms with E-state index in [1.54, 1.807) is 4.90 Å². The zero-order valence-electron chi connectivity index (χ0n) is 13.4. The summed E-state index contributed by atoms with van der Waals surface area (Å²) in [6, 6.07) is 9.56. The Morgan fingerprint density at radius 3 is 2.61 bits per heavy atom. The van der Waals surface area contributed by atoms with Gasteiger partial charge in [0.1, 0.15) is 6.61 Å². The molecule has 6 heteroatoms. The molecule has 3 atom stereocenters. The highest BCUT2D eigenvalue weighted by Gasteiger charge is 2.43. The first-order valence-corrected chi connectivity index (χ1v) is 9.18. The van der Waals surface area contributed by atoms with E-state index in [2.05, 4.69) is 29.5 Å². The molecule has 0 aliphatic carbocycles. The molecule has 1 aliphatic heterocycles. The first kappa shape index (κ1) is 18.0. The number of amides is 1. The van der Waals surface area contributed by atoms with Gasteiger partial charge in [-0.05, 0) is 17.4 Å². The Morgan fingerprint density at radius 2 is 2.00 bits per heavy atom. The van der Waals surface area contributed by atoms with Gasteiger partial charge >= 0.3 is 12.1 Å². The van der Waals surface area contributed by atoms with Crippen LogP contribution in [0.5, 0.6) is 0 Å². The van der Waals surface area contributed by atoms with Crippen molar-refractivity contribution in [2.45, 2.75) is 13.5 Å². The second-order valence-electron chi connectivity index (χ2n) is 5.87. The summed E-state index contributed by atoms with van der Waals surface area (Å²) in [6.07, 6.45) is -0.370. The second kappa shape index (κ2) is 8.52. The van der Waals surface area contributed by atoms with Gasteiger partial charge < -0.3 is 14.4 Å². The maximum Gasteiger partial charge on any atom is 0.410 e. The number of benzene rings is 1. The molecule has 126 valence electrons. The summed E-state index contributed by atoms with van der Waals surface area (Å²) < 4.78 is 11.2. The summed E-state index contributed by atoms with van der Waals surface area (Å²) in [5.74, 6) is -0.0608. The number of methoxy groups -OCH3 is 1. The van der Waals surface area contributed by atoms with Crippen LogP contribution in [-0.2, 0) is 20.9 Å². The third-order valence-corrected chi connectivity index (χ3v) is 5.70. The van der Waals surface area contributed by atoms with Crippen molar-refractivity contribution in [3.05, 3.63) is 35.9 Å². The number of hydrogen-bond acceptors (Lipinski definition) is 4. The van der Waals surface area contributed by atoms with Gasteiger partial charge in [0.15, 0.2) is 0 Å². The summed E-state index contributed by atoms with van der Waals surface area (Å²) >= 11 is 2.31. The molecule has 1 aliphatic rings. The molecular formula is C17H22INO4. The van der Waals surface area contributed by atoms with Crippen LogP contribution in [-0.4, -0.2) is 41.6 Å². The molecule has 1 aromatic rings. The zero-order valence-corrected chi connectivity index (χ0v) is 15.6. The predicted octanol–water partition coefficient (Wildman–Crippen LogP) is 3.12. The molecular weight excluding hydrogens is 409 g/mol. The van der Waals surface area contributed by atoms with E-state index in [1.165, 1.54) is 7.11 Å². The molecule has 1 fully saturated rings. The van der Waals surface area contributed by atoms with Gasteiger partial charge in [0.25, 0.3) is 0 Å². The minimum Gasteiger partial charge on any atom is -0.469 e. The smallest absolute Gasteiger partial charge is 0.410 e. The molecule has 2 rings (SSSR count). The van der Waals surface area contributed by atoms with Crippen LogP contribution in [0.4, 0.5) is 4.79 Å². The van der Waals surface area contributed by atoms with E-state index in [9.17, 15) is 9.59 Å². The van der Waals surface area contributed by atoms with Gasteiger partial charge in [-0.25, -0.2) is 4.79 Å². The summed E-state index contributed by atoms with van der Waals surface area (Å²) in [4.78, 5) is 25.9. The Balaban J connectivity index is 1.97. The summed E-state index contributed by atoms with van der Waals surface area (Å²) in [7, 11) is 1.39. The molecule has 1 aromatic carbocycles. The average Bonchev–Trinajstić information content (AvgIpc) is 3.04. The lowest BCUT2D eigenvalue weighted by Gasteiger charge is -2.21. The number of hydrogen-bond donors (Lipinski definition) is 0. The van der Waals surface area contributed by atoms with Crippen molar-refractivity contribution in [3.63, 3.8) is 0 Å². The van der Waals surface area contributed by atoms with E-state index in [0.29, 0.717) is 19.0 Å². The van der Waals surface area contributed by atoms with Crippen LogP contribution < -0.4 is 0 Å². The SMILES string of the molecule is COC(=O)C1CN(C(=O)OCc2ccccc2)CC1[C@@H](C)CI. The van der Waals surface area contributed by atoms with Gasteiger partial charge in [-0.2, -0.15) is 0 Å². The number of nitrogens with zero attached hydrogens (tertiary/aromatic N) is 1. The number of halogens is 1. The first-order chi connectivity index (χ1) is 11.1. The number of rotatable bonds is 5. The molecule has 23 heavy (non-hydrogen) atoms. The molecule has 1 heterocycles. The second-order valence-corrected chi connectivity index (χ2v) is 6.75. The molecule has 1 amide bonds. The van der Waals surface area contributed by atoms with Crippen LogP contribution in [0, 0.1) is 17.8 Å². The number of carbonyl (C=O) groups excluding carboxylic acids is 2. The fourth-order valence-electron chi connectivity index (χ4n) is 2.88. The molecule has 0 saturated carbocycles. The fraction of sp³-hybridized carbons (Fsp3) is 0.529. The molecule has 0 aromatic heterocycles. The molecule has 0 radical (unpaired) electrons. The summed E-state index contributed by atoms with van der Waals surface area (Å²) in [5, 5.41) is 0. The Bertz CT molecular complexity index is 537. The van der Waals surface area contributed by atoms with Crippen LogP contribution >= 0.6 is 22.6 Å². The van der Waals surface area contributed by atoms with Crippen molar-refractivity contribution >= 4 is 34.7 Å². The molecule has 1 saturated heterocycles. The summed E-state index contributed by atoms with van der Waals surface area (Å²) in [6.45, 7) is 3.25. The molecule has 0 spiro atoms. The fourth-order valence-corrected chi connectivity index (χ4v) is 3.53. The van der Waals surface area contributed by atoms with Crippen LogP contribution in [0.3, 0.4) is 0 Å². The highest BCUT2D eigenvalue weighted by Crippen LogP contribution is 2.32. The van der Waals surface area contributed by atoms with Gasteiger partial charge in [-0.3, -0.25) is 4.79 Å². The molecule has 2 unspecified atom stereocenters. The minimum atomic E-state index is -0.370. The van der Waals surface area contributed by atoms with Gasteiger partial charge in [-0.15, -0.1) is 0 Å². The van der Waals surface area contributed by atoms with Crippen molar-refractivity contribution < 1.29 is 19.1 Å². The lowest BCUT2D eigenvalue weighted by molar-refractivity contribution is -0.146. The normalized spacial score (nSPS) is 21.8. The summed E-state index contributed by atoms with van der Waals surface area (Å²) in [5.41, 5.74) is 0.946. The number of carbonyl (C=O) groups is 2. The highest BCUT2D eigenvalue weighted by molar-refractivity contribution is 14.1. The van der Waals surface area contributed by atoms with E-state index in [4.69, 9.17) is 9.47 Å². The van der Waals surface area contributed by atoms with E-state index in [-0.39, 0.29) is 30.5 Å². The Morgan fingerprint density at radius 1 is 1.30 bits per heavy atom. The van der Waals surface area contributed by atoms with Crippen molar-refractivity contribution in [3.8, 4) is 0 Å². The standard InChI is InChI=1S/C17H22INO4/c1-12(8-18)14-9-19(10-15(14)16(20)22-2)17(21)23-11-13-6-4-3-5-7-13/h3-7,12,14-15H,8-11H2,1-2H3/t12-,14?,15?/m0/s1. The number of alkyl halides is 1. The molecule has 5 nitrogen and oxygen atoms in total. The monoisotopic (exact) mass is 431 g/mol. The quantitative estimate of drug-likeness (QED) is 0.409. The van der Waals surface area contributed by atoms with E-state index in [0.717, 1.165) is 9.99 Å². The maximum absolute atomic E-state index is 12.3. The molecule has 0 bridgehead atoms. The molecule has 0 N–H and O–H groups in total. The van der Waals surface area contributed by atoms with Gasteiger partial charge in [0.2, 0.25) is 0 Å².